The Bertz CT molecular complexity index is 92.4. The van der Waals surface area contributed by atoms with Gasteiger partial charge in [-0.2, -0.15) is 0 Å². The van der Waals surface area contributed by atoms with E-state index in [1.54, 1.807) is 0 Å². The molecule has 0 aromatic rings. The average molecular weight is 227 g/mol. The zero-order chi connectivity index (χ0) is 6.73. The Morgan fingerprint density at radius 2 is 2.00 bits per heavy atom. The minimum absolute atomic E-state index is 0.0207. The van der Waals surface area contributed by atoms with Gasteiger partial charge in [0.25, 0.3) is 0 Å². The topological polar surface area (TPSA) is 43.1 Å². The molecule has 0 radical (unpaired) electrons. The molecule has 0 rings (SSSR count). The first-order chi connectivity index (χ1) is 3.55. The number of rotatable bonds is 2. The molecule has 1 atom stereocenters. The maximum absolute atomic E-state index is 10.4. The van der Waals surface area contributed by atoms with E-state index in [4.69, 9.17) is 5.73 Å². The van der Waals surface area contributed by atoms with E-state index in [0.717, 1.165) is 0 Å². The summed E-state index contributed by atoms with van der Waals surface area (Å²) in [6.45, 7) is 3.95. The SMILES string of the molecule is CC(C)C(I)C(N)=O. The van der Waals surface area contributed by atoms with Crippen molar-refractivity contribution in [3.8, 4) is 0 Å². The molecule has 0 aliphatic carbocycles. The molecule has 0 aliphatic rings. The summed E-state index contributed by atoms with van der Waals surface area (Å²) in [6, 6.07) is 0. The molecule has 0 heterocycles. The Balaban J connectivity index is 3.64. The van der Waals surface area contributed by atoms with Crippen molar-refractivity contribution >= 4 is 28.5 Å². The lowest BCUT2D eigenvalue weighted by Crippen LogP contribution is -2.27. The minimum atomic E-state index is -0.222. The van der Waals surface area contributed by atoms with Crippen molar-refractivity contribution < 1.29 is 4.79 Å². The molecule has 48 valence electrons. The van der Waals surface area contributed by atoms with Gasteiger partial charge < -0.3 is 5.73 Å². The Morgan fingerprint density at radius 1 is 1.62 bits per heavy atom. The monoisotopic (exact) mass is 227 g/mol. The van der Waals surface area contributed by atoms with Gasteiger partial charge in [0.05, 0.1) is 3.92 Å². The first-order valence-corrected chi connectivity index (χ1v) is 3.73. The molecule has 0 fully saturated rings. The second-order valence-corrected chi connectivity index (χ2v) is 3.39. The number of amides is 1. The molecule has 2 N–H and O–H groups in total. The number of halogens is 1. The van der Waals surface area contributed by atoms with Crippen LogP contribution in [0.25, 0.3) is 0 Å². The largest absolute Gasteiger partial charge is 0.369 e. The highest BCUT2D eigenvalue weighted by atomic mass is 127. The summed E-state index contributed by atoms with van der Waals surface area (Å²) < 4.78 is -0.0207. The number of primary amides is 1. The van der Waals surface area contributed by atoms with Gasteiger partial charge in [0.15, 0.2) is 0 Å². The smallest absolute Gasteiger partial charge is 0.230 e. The van der Waals surface area contributed by atoms with E-state index in [9.17, 15) is 4.79 Å². The van der Waals surface area contributed by atoms with E-state index in [-0.39, 0.29) is 9.83 Å². The fourth-order valence-corrected chi connectivity index (χ4v) is 0.329. The maximum Gasteiger partial charge on any atom is 0.230 e. The van der Waals surface area contributed by atoms with Gasteiger partial charge in [-0.1, -0.05) is 36.4 Å². The van der Waals surface area contributed by atoms with Crippen LogP contribution in [0.15, 0.2) is 0 Å². The summed E-state index contributed by atoms with van der Waals surface area (Å²) in [7, 11) is 0. The van der Waals surface area contributed by atoms with Crippen molar-refractivity contribution in [2.45, 2.75) is 17.8 Å². The van der Waals surface area contributed by atoms with Crippen LogP contribution in [-0.2, 0) is 4.79 Å². The van der Waals surface area contributed by atoms with Crippen molar-refractivity contribution in [1.82, 2.24) is 0 Å². The summed E-state index contributed by atoms with van der Waals surface area (Å²) in [4.78, 5) is 10.4. The van der Waals surface area contributed by atoms with Gasteiger partial charge in [-0.25, -0.2) is 0 Å². The Morgan fingerprint density at radius 3 is 2.00 bits per heavy atom. The van der Waals surface area contributed by atoms with Gasteiger partial charge in [0, 0.05) is 0 Å². The molecule has 3 heteroatoms. The van der Waals surface area contributed by atoms with E-state index in [0.29, 0.717) is 5.92 Å². The molecule has 0 aromatic heterocycles. The highest BCUT2D eigenvalue weighted by molar-refractivity contribution is 14.1. The number of carbonyl (C=O) groups excluding carboxylic acids is 1. The Labute approximate surface area is 63.0 Å². The van der Waals surface area contributed by atoms with Crippen LogP contribution in [0.3, 0.4) is 0 Å². The number of carbonyl (C=O) groups is 1. The van der Waals surface area contributed by atoms with Crippen LogP contribution < -0.4 is 5.73 Å². The summed E-state index contributed by atoms with van der Waals surface area (Å²) in [5.74, 6) is 0.133. The summed E-state index contributed by atoms with van der Waals surface area (Å²) in [5, 5.41) is 0. The fourth-order valence-electron chi connectivity index (χ4n) is 0.329. The predicted molar refractivity (Wildman–Crippen MR) is 41.8 cm³/mol. The van der Waals surface area contributed by atoms with Crippen molar-refractivity contribution in [3.63, 3.8) is 0 Å². The number of nitrogens with two attached hydrogens (primary N) is 1. The zero-order valence-electron chi connectivity index (χ0n) is 5.02. The summed E-state index contributed by atoms with van der Waals surface area (Å²) >= 11 is 2.05. The molecule has 0 bridgehead atoms. The molecular formula is C5H10INO. The third kappa shape index (κ3) is 2.49. The lowest BCUT2D eigenvalue weighted by Gasteiger charge is -2.07. The van der Waals surface area contributed by atoms with Crippen LogP contribution in [0.5, 0.6) is 0 Å². The Kier molecular flexibility index (Phi) is 3.35. The van der Waals surface area contributed by atoms with Crippen molar-refractivity contribution in [1.29, 1.82) is 0 Å². The van der Waals surface area contributed by atoms with Gasteiger partial charge >= 0.3 is 0 Å². The van der Waals surface area contributed by atoms with Gasteiger partial charge in [-0.15, -0.1) is 0 Å². The van der Waals surface area contributed by atoms with E-state index >= 15 is 0 Å². The standard InChI is InChI=1S/C5H10INO/c1-3(2)4(6)5(7)8/h3-4H,1-2H3,(H2,7,8). The normalized spacial score (nSPS) is 14.0. The summed E-state index contributed by atoms with van der Waals surface area (Å²) in [6.07, 6.45) is 0. The number of alkyl halides is 1. The second-order valence-electron chi connectivity index (χ2n) is 2.05. The van der Waals surface area contributed by atoms with Gasteiger partial charge in [-0.05, 0) is 5.92 Å². The molecule has 0 saturated heterocycles. The maximum atomic E-state index is 10.4. The highest BCUT2D eigenvalue weighted by Gasteiger charge is 2.13. The zero-order valence-corrected chi connectivity index (χ0v) is 7.18. The lowest BCUT2D eigenvalue weighted by molar-refractivity contribution is -0.117. The van der Waals surface area contributed by atoms with Crippen LogP contribution in [-0.4, -0.2) is 9.83 Å². The first-order valence-electron chi connectivity index (χ1n) is 2.49. The van der Waals surface area contributed by atoms with Crippen LogP contribution in [0, 0.1) is 5.92 Å². The highest BCUT2D eigenvalue weighted by Crippen LogP contribution is 2.10. The third-order valence-electron chi connectivity index (χ3n) is 0.857. The molecule has 0 aromatic carbocycles. The van der Waals surface area contributed by atoms with E-state index in [1.807, 2.05) is 36.4 Å². The second kappa shape index (κ2) is 3.27. The predicted octanol–water partition coefficient (Wildman–Crippen LogP) is 0.931. The molecular weight excluding hydrogens is 217 g/mol. The van der Waals surface area contributed by atoms with Crippen LogP contribution in [0.2, 0.25) is 0 Å². The van der Waals surface area contributed by atoms with Crippen LogP contribution >= 0.6 is 22.6 Å². The molecule has 0 spiro atoms. The van der Waals surface area contributed by atoms with Crippen molar-refractivity contribution in [3.05, 3.63) is 0 Å². The molecule has 1 unspecified atom stereocenters. The molecule has 0 saturated carbocycles. The summed E-state index contributed by atoms with van der Waals surface area (Å²) in [5.41, 5.74) is 4.99. The van der Waals surface area contributed by atoms with E-state index in [2.05, 4.69) is 0 Å². The molecule has 2 nitrogen and oxygen atoms in total. The number of hydrogen-bond acceptors (Lipinski definition) is 1. The third-order valence-corrected chi connectivity index (χ3v) is 2.91. The van der Waals surface area contributed by atoms with E-state index < -0.39 is 0 Å². The quantitative estimate of drug-likeness (QED) is 0.553. The fraction of sp³-hybridized carbons (Fsp3) is 0.800. The van der Waals surface area contributed by atoms with Crippen LogP contribution in [0.4, 0.5) is 0 Å². The minimum Gasteiger partial charge on any atom is -0.369 e. The van der Waals surface area contributed by atoms with Crippen molar-refractivity contribution in [2.75, 3.05) is 0 Å². The van der Waals surface area contributed by atoms with Crippen molar-refractivity contribution in [2.24, 2.45) is 11.7 Å². The van der Waals surface area contributed by atoms with E-state index in [1.165, 1.54) is 0 Å². The average Bonchev–Trinajstić information content (AvgIpc) is 1.64. The van der Waals surface area contributed by atoms with Gasteiger partial charge in [0.1, 0.15) is 0 Å². The van der Waals surface area contributed by atoms with Crippen LogP contribution in [0.1, 0.15) is 13.8 Å². The molecule has 0 aliphatic heterocycles. The molecule has 1 amide bonds. The first kappa shape index (κ1) is 8.20. The Hall–Kier alpha value is 0.200. The lowest BCUT2D eigenvalue weighted by atomic mass is 10.1. The van der Waals surface area contributed by atoms with Gasteiger partial charge in [-0.3, -0.25) is 4.79 Å². The number of hydrogen-bond donors (Lipinski definition) is 1. The molecule has 8 heavy (non-hydrogen) atoms. The van der Waals surface area contributed by atoms with Gasteiger partial charge in [0.2, 0.25) is 5.91 Å².